The lowest BCUT2D eigenvalue weighted by molar-refractivity contribution is -0.462. The van der Waals surface area contributed by atoms with Crippen molar-refractivity contribution in [2.75, 3.05) is 0 Å². The van der Waals surface area contributed by atoms with Crippen LogP contribution in [0, 0.1) is 27.7 Å². The Hall–Kier alpha value is -5.34. The molecule has 0 bridgehead atoms. The Morgan fingerprint density at radius 3 is 0.378 bits per heavy atom. The summed E-state index contributed by atoms with van der Waals surface area (Å²) in [7, 11) is 0. The van der Waals surface area contributed by atoms with Crippen molar-refractivity contribution in [2.24, 2.45) is 0 Å². The highest BCUT2D eigenvalue weighted by atomic mass is 19.5. The SMILES string of the molecule is Cc1cc(C(F)(F)C(F)(F)C(F)(F)C(F)(F)C(F)(F)C(F)(F)C(F)(F)C(F)(F)F)c(C)cc1C(F)(F)C(F)(F)C(F)(F)C(F)(F)C(F)(F)C(F)(F)C(C)(F)F.Cc1cc(C(F)(F)C(F)(F)C(F)(F)C(F)(F)C(F)(F)C(F)(F)F)c(C)cc1C(F)(F)C(F)(F)C(F)(F)C(F)(F)C(C)(F)F. The molecule has 0 amide bonds. The molecule has 0 aromatic heterocycles. The Labute approximate surface area is 502 Å². The first-order valence-corrected chi connectivity index (χ1v) is 23.0. The molecule has 0 fully saturated rings. The molecule has 2 aromatic carbocycles. The van der Waals surface area contributed by atoms with Gasteiger partial charge in [-0.15, -0.1) is 0 Å². The normalized spacial score (nSPS) is 16.4. The van der Waals surface area contributed by atoms with Crippen LogP contribution in [0.4, 0.5) is 237 Å². The van der Waals surface area contributed by atoms with Crippen molar-refractivity contribution in [3.63, 3.8) is 0 Å². The summed E-state index contributed by atoms with van der Waals surface area (Å²) >= 11 is 0. The van der Waals surface area contributed by atoms with Gasteiger partial charge in [0.15, 0.2) is 0 Å². The lowest BCUT2D eigenvalue weighted by Crippen LogP contribution is -2.74. The standard InChI is InChI=1S/C24H11F31.C20H11F23/c1-6-5-9(12(29,30)15(35,36)18(41,42)20(45,46)21(47,48)22(49,50)23(51,52)24(53,54)55)7(2)4-8(6)11(27,28)14(33,34)17(39,40)19(43,44)16(37,38)13(31,32)10(3,25)26;1-6-5-9(12(25,26)15(31,32)17(35,36)18(37,38)19(39,40)20(41,42)43)7(2)4-8(6)11(23,24)14(29,30)16(33,34)13(27,28)10(3,21)22/h4-5H,1-3H3;4-5H,1-3H3. The number of alkyl halides is 54. The summed E-state index contributed by atoms with van der Waals surface area (Å²) in [6.07, 6.45) is -15.9. The predicted octanol–water partition coefficient (Wildman–Crippen LogP) is 22.8. The Kier molecular flexibility index (Phi) is 21.8. The van der Waals surface area contributed by atoms with Crippen LogP contribution in [0.3, 0.4) is 0 Å². The Morgan fingerprint density at radius 1 is 0.153 bits per heavy atom. The molecule has 0 saturated heterocycles. The molecular weight excluding hydrogens is 1550 g/mol. The summed E-state index contributed by atoms with van der Waals surface area (Å²) in [5.74, 6) is -193. The van der Waals surface area contributed by atoms with Crippen LogP contribution in [0.2, 0.25) is 0 Å². The van der Waals surface area contributed by atoms with E-state index in [1.807, 2.05) is 0 Å². The summed E-state index contributed by atoms with van der Waals surface area (Å²) in [4.78, 5) is 0. The molecule has 0 aliphatic rings. The summed E-state index contributed by atoms with van der Waals surface area (Å²) < 4.78 is 737. The van der Waals surface area contributed by atoms with E-state index in [0.29, 0.717) is 0 Å². The zero-order chi connectivity index (χ0) is 80.4. The summed E-state index contributed by atoms with van der Waals surface area (Å²) in [6, 6.07) is -4.85. The predicted molar refractivity (Wildman–Crippen MR) is 210 cm³/mol. The number of hydrogen-bond donors (Lipinski definition) is 0. The van der Waals surface area contributed by atoms with Crippen LogP contribution in [0.1, 0.15) is 58.4 Å². The van der Waals surface area contributed by atoms with E-state index in [4.69, 9.17) is 0 Å². The van der Waals surface area contributed by atoms with Gasteiger partial charge in [-0.05, 0) is 74.2 Å². The molecular formula is C44H22F54. The Balaban J connectivity index is 0.00000101. The third-order valence-electron chi connectivity index (χ3n) is 13.4. The molecule has 0 spiro atoms. The van der Waals surface area contributed by atoms with Gasteiger partial charge in [0.25, 0.3) is 0 Å². The summed E-state index contributed by atoms with van der Waals surface area (Å²) in [5.41, 5.74) is -22.0. The van der Waals surface area contributed by atoms with E-state index < -0.39 is 251 Å². The van der Waals surface area contributed by atoms with E-state index in [-0.39, 0.29) is 13.8 Å². The number of aryl methyl sites for hydroxylation is 4. The van der Waals surface area contributed by atoms with Crippen LogP contribution < -0.4 is 0 Å². The van der Waals surface area contributed by atoms with E-state index in [1.54, 1.807) is 0 Å². The second-order valence-corrected chi connectivity index (χ2v) is 20.4. The quantitative estimate of drug-likeness (QED) is 0.0919. The highest BCUT2D eigenvalue weighted by molar-refractivity contribution is 5.46. The first kappa shape index (κ1) is 90.7. The smallest absolute Gasteiger partial charge is 0.200 e. The van der Waals surface area contributed by atoms with Gasteiger partial charge in [0.1, 0.15) is 0 Å². The van der Waals surface area contributed by atoms with Crippen LogP contribution in [0.5, 0.6) is 0 Å². The van der Waals surface area contributed by atoms with Gasteiger partial charge in [-0.2, -0.15) is 237 Å². The van der Waals surface area contributed by atoms with Crippen molar-refractivity contribution in [3.05, 3.63) is 68.8 Å². The summed E-state index contributed by atoms with van der Waals surface area (Å²) in [5, 5.41) is 0. The molecule has 2 rings (SSSR count). The first-order chi connectivity index (χ1) is 41.6. The fraction of sp³-hybridized carbons (Fsp3) is 0.727. The maximum absolute atomic E-state index is 14.8. The van der Waals surface area contributed by atoms with Gasteiger partial charge in [0, 0.05) is 36.1 Å². The maximum atomic E-state index is 14.8. The third kappa shape index (κ3) is 11.8. The van der Waals surface area contributed by atoms with Gasteiger partial charge in [-0.1, -0.05) is 0 Å². The largest absolute Gasteiger partial charge is 0.460 e. The average Bonchev–Trinajstić information content (AvgIpc) is 0.706. The minimum Gasteiger partial charge on any atom is -0.200 e. The number of rotatable bonds is 24. The van der Waals surface area contributed by atoms with Crippen molar-refractivity contribution < 1.29 is 237 Å². The lowest BCUT2D eigenvalue weighted by Gasteiger charge is -2.43. The van der Waals surface area contributed by atoms with Crippen LogP contribution in [0.25, 0.3) is 0 Å². The van der Waals surface area contributed by atoms with Crippen LogP contribution in [-0.4, -0.2) is 131 Å². The van der Waals surface area contributed by atoms with Gasteiger partial charge in [0.2, 0.25) is 0 Å². The zero-order valence-electron chi connectivity index (χ0n) is 45.7. The zero-order valence-corrected chi connectivity index (χ0v) is 45.7. The van der Waals surface area contributed by atoms with Gasteiger partial charge in [0.05, 0.1) is 0 Å². The molecule has 2 aromatic rings. The Morgan fingerprint density at radius 2 is 0.255 bits per heavy atom. The highest BCUT2D eigenvalue weighted by Gasteiger charge is 2.97. The van der Waals surface area contributed by atoms with E-state index >= 15 is 0 Å². The van der Waals surface area contributed by atoms with Crippen molar-refractivity contribution in [2.45, 2.75) is 196 Å². The van der Waals surface area contributed by atoms with Crippen LogP contribution >= 0.6 is 0 Å². The molecule has 54 heteroatoms. The molecule has 0 radical (unpaired) electrons. The maximum Gasteiger partial charge on any atom is 0.460 e. The van der Waals surface area contributed by atoms with E-state index in [9.17, 15) is 237 Å². The average molecular weight is 1580 g/mol. The lowest BCUT2D eigenvalue weighted by atomic mass is 9.83. The third-order valence-corrected chi connectivity index (χ3v) is 13.4. The van der Waals surface area contributed by atoms with E-state index in [0.717, 1.165) is 0 Å². The molecule has 0 heterocycles. The summed E-state index contributed by atoms with van der Waals surface area (Å²) in [6.45, 7) is -4.02. The van der Waals surface area contributed by atoms with Gasteiger partial charge >= 0.3 is 154 Å². The van der Waals surface area contributed by atoms with Crippen molar-refractivity contribution >= 4 is 0 Å². The number of benzene rings is 2. The Bertz CT molecular complexity index is 3200. The van der Waals surface area contributed by atoms with Crippen LogP contribution in [0.15, 0.2) is 24.3 Å². The van der Waals surface area contributed by atoms with Gasteiger partial charge in [-0.3, -0.25) is 0 Å². The molecule has 0 nitrogen and oxygen atoms in total. The minimum absolute atomic E-state index is 0.203. The van der Waals surface area contributed by atoms with Gasteiger partial charge in [-0.25, -0.2) is 0 Å². The molecule has 0 aliphatic carbocycles. The van der Waals surface area contributed by atoms with E-state index in [2.05, 4.69) is 0 Å². The second-order valence-electron chi connectivity index (χ2n) is 20.4. The molecule has 0 unspecified atom stereocenters. The van der Waals surface area contributed by atoms with Gasteiger partial charge < -0.3 is 0 Å². The van der Waals surface area contributed by atoms with Crippen LogP contribution in [-0.2, 0) is 23.7 Å². The molecule has 0 atom stereocenters. The molecule has 0 aliphatic heterocycles. The number of hydrogen-bond acceptors (Lipinski definition) is 0. The molecule has 0 N–H and O–H groups in total. The van der Waals surface area contributed by atoms with Crippen molar-refractivity contribution in [3.8, 4) is 0 Å². The fourth-order valence-corrected chi connectivity index (χ4v) is 7.33. The van der Waals surface area contributed by atoms with Crippen molar-refractivity contribution in [1.82, 2.24) is 0 Å². The first-order valence-electron chi connectivity index (χ1n) is 23.0. The minimum atomic E-state index is -9.17. The molecule has 0 saturated carbocycles. The second kappa shape index (κ2) is 23.6. The molecule has 576 valence electrons. The van der Waals surface area contributed by atoms with Crippen molar-refractivity contribution in [1.29, 1.82) is 0 Å². The highest BCUT2D eigenvalue weighted by Crippen LogP contribution is 2.69. The van der Waals surface area contributed by atoms with E-state index in [1.165, 1.54) is 0 Å². The molecule has 98 heavy (non-hydrogen) atoms. The monoisotopic (exact) mass is 1580 g/mol. The topological polar surface area (TPSA) is 0 Å². The fourth-order valence-electron chi connectivity index (χ4n) is 7.33. The number of halogens is 54.